The Kier molecular flexibility index (Phi) is 6.81. The Morgan fingerprint density at radius 1 is 1.03 bits per heavy atom. The molecule has 3 heterocycles. The third-order valence-electron chi connectivity index (χ3n) is 5.73. The molecule has 3 aromatic rings. The molecule has 0 atom stereocenters. The quantitative estimate of drug-likeness (QED) is 0.555. The van der Waals surface area contributed by atoms with Crippen LogP contribution < -0.4 is 20.5 Å². The van der Waals surface area contributed by atoms with Gasteiger partial charge in [-0.2, -0.15) is 4.98 Å². The van der Waals surface area contributed by atoms with E-state index in [1.54, 1.807) is 19.1 Å². The highest BCUT2D eigenvalue weighted by atomic mass is 16.6. The largest absolute Gasteiger partial charge is 0.493 e. The predicted octanol–water partition coefficient (Wildman–Crippen LogP) is 4.10. The summed E-state index contributed by atoms with van der Waals surface area (Å²) >= 11 is 0. The number of benzene rings is 1. The fourth-order valence-electron chi connectivity index (χ4n) is 4.02. The number of pyridine rings is 1. The van der Waals surface area contributed by atoms with Crippen LogP contribution in [0.25, 0.3) is 22.3 Å². The van der Waals surface area contributed by atoms with E-state index in [1.165, 1.54) is 0 Å². The number of carbonyl (C=O) groups excluding carboxylic acids is 1. The number of nitrogen functional groups attached to an aromatic ring is 1. The van der Waals surface area contributed by atoms with Gasteiger partial charge in [-0.15, -0.1) is 0 Å². The maximum absolute atomic E-state index is 12.4. The van der Waals surface area contributed by atoms with Crippen LogP contribution in [0.3, 0.4) is 0 Å². The number of hydrogen-bond donors (Lipinski definition) is 2. The van der Waals surface area contributed by atoms with Gasteiger partial charge in [0.05, 0.1) is 25.4 Å². The van der Waals surface area contributed by atoms with E-state index in [9.17, 15) is 4.79 Å². The number of hydrogen-bond acceptors (Lipinski definition) is 9. The van der Waals surface area contributed by atoms with E-state index in [2.05, 4.69) is 15.3 Å². The van der Waals surface area contributed by atoms with Crippen molar-refractivity contribution < 1.29 is 19.0 Å². The molecule has 35 heavy (non-hydrogen) atoms. The van der Waals surface area contributed by atoms with Gasteiger partial charge in [0, 0.05) is 24.7 Å². The van der Waals surface area contributed by atoms with Crippen molar-refractivity contribution in [1.82, 2.24) is 19.9 Å². The molecule has 1 aliphatic rings. The predicted molar refractivity (Wildman–Crippen MR) is 135 cm³/mol. The van der Waals surface area contributed by atoms with Crippen molar-refractivity contribution in [1.29, 1.82) is 0 Å². The first kappa shape index (κ1) is 24.3. The molecule has 3 N–H and O–H groups in total. The molecule has 0 bridgehead atoms. The van der Waals surface area contributed by atoms with Gasteiger partial charge < -0.3 is 30.2 Å². The Balaban J connectivity index is 1.55. The summed E-state index contributed by atoms with van der Waals surface area (Å²) in [5.41, 5.74) is 8.36. The lowest BCUT2D eigenvalue weighted by Crippen LogP contribution is -2.44. The molecular weight excluding hydrogens is 448 g/mol. The van der Waals surface area contributed by atoms with E-state index in [4.69, 9.17) is 24.9 Å². The molecular formula is C25H32N6O4. The first-order valence-electron chi connectivity index (χ1n) is 11.6. The van der Waals surface area contributed by atoms with Gasteiger partial charge in [0.15, 0.2) is 17.3 Å². The topological polar surface area (TPSA) is 125 Å². The average Bonchev–Trinajstić information content (AvgIpc) is 2.82. The number of piperidine rings is 1. The Hall–Kier alpha value is -3.82. The van der Waals surface area contributed by atoms with Gasteiger partial charge in [-0.1, -0.05) is 0 Å². The summed E-state index contributed by atoms with van der Waals surface area (Å²) in [6, 6.07) is 9.52. The minimum Gasteiger partial charge on any atom is -0.493 e. The zero-order chi connectivity index (χ0) is 25.2. The van der Waals surface area contributed by atoms with Crippen LogP contribution in [0.2, 0.25) is 0 Å². The lowest BCUT2D eigenvalue weighted by molar-refractivity contribution is 0.0210. The Morgan fingerprint density at radius 2 is 1.74 bits per heavy atom. The number of amides is 1. The second kappa shape index (κ2) is 9.81. The SMILES string of the molecule is COc1ccc(-c2ccc3nc(N)nc(NC4CCN(C(=O)OC(C)(C)C)CC4)c3n2)cc1OC. The molecule has 1 amide bonds. The number of fused-ring (bicyclic) bond motifs is 1. The minimum atomic E-state index is -0.513. The van der Waals surface area contributed by atoms with E-state index < -0.39 is 5.60 Å². The number of ether oxygens (including phenoxy) is 3. The van der Waals surface area contributed by atoms with Crippen LogP contribution in [0, 0.1) is 0 Å². The molecule has 1 saturated heterocycles. The maximum atomic E-state index is 12.4. The summed E-state index contributed by atoms with van der Waals surface area (Å²) in [6.07, 6.45) is 1.22. The van der Waals surface area contributed by atoms with Crippen molar-refractivity contribution >= 4 is 28.9 Å². The Morgan fingerprint density at radius 3 is 2.40 bits per heavy atom. The zero-order valence-electron chi connectivity index (χ0n) is 20.8. The van der Waals surface area contributed by atoms with E-state index in [0.29, 0.717) is 41.4 Å². The van der Waals surface area contributed by atoms with Gasteiger partial charge in [-0.05, 0) is 63.9 Å². The van der Waals surface area contributed by atoms with E-state index >= 15 is 0 Å². The number of likely N-dealkylation sites (tertiary alicyclic amines) is 1. The van der Waals surface area contributed by atoms with Gasteiger partial charge in [-0.3, -0.25) is 0 Å². The fraction of sp³-hybridized carbons (Fsp3) is 0.440. The first-order chi connectivity index (χ1) is 16.7. The monoisotopic (exact) mass is 480 g/mol. The third-order valence-corrected chi connectivity index (χ3v) is 5.73. The molecule has 1 aromatic carbocycles. The fourth-order valence-corrected chi connectivity index (χ4v) is 4.02. The summed E-state index contributed by atoms with van der Waals surface area (Å²) < 4.78 is 16.3. The average molecular weight is 481 g/mol. The van der Waals surface area contributed by atoms with Crippen LogP contribution in [0.1, 0.15) is 33.6 Å². The molecule has 10 heteroatoms. The number of rotatable bonds is 5. The van der Waals surface area contributed by atoms with Crippen LogP contribution in [0.15, 0.2) is 30.3 Å². The summed E-state index contributed by atoms with van der Waals surface area (Å²) in [4.78, 5) is 27.7. The first-order valence-corrected chi connectivity index (χ1v) is 11.6. The van der Waals surface area contributed by atoms with Crippen molar-refractivity contribution in [2.45, 2.75) is 45.3 Å². The van der Waals surface area contributed by atoms with Gasteiger partial charge >= 0.3 is 6.09 Å². The highest BCUT2D eigenvalue weighted by Crippen LogP contribution is 2.33. The summed E-state index contributed by atoms with van der Waals surface area (Å²) in [6.45, 7) is 6.79. The van der Waals surface area contributed by atoms with Gasteiger partial charge in [-0.25, -0.2) is 14.8 Å². The van der Waals surface area contributed by atoms with Crippen LogP contribution in [-0.4, -0.2) is 64.9 Å². The summed E-state index contributed by atoms with van der Waals surface area (Å²) in [7, 11) is 3.20. The third kappa shape index (κ3) is 5.64. The van der Waals surface area contributed by atoms with Crippen molar-refractivity contribution in [3.63, 3.8) is 0 Å². The number of nitrogens with zero attached hydrogens (tertiary/aromatic N) is 4. The Bertz CT molecular complexity index is 1220. The van der Waals surface area contributed by atoms with Crippen LogP contribution in [0.5, 0.6) is 11.5 Å². The molecule has 10 nitrogen and oxygen atoms in total. The van der Waals surface area contributed by atoms with E-state index in [1.807, 2.05) is 51.1 Å². The minimum absolute atomic E-state index is 0.109. The molecule has 4 rings (SSSR count). The number of aromatic nitrogens is 3. The molecule has 1 aliphatic heterocycles. The van der Waals surface area contributed by atoms with Crippen molar-refractivity contribution in [2.75, 3.05) is 38.4 Å². The van der Waals surface area contributed by atoms with Crippen LogP contribution in [-0.2, 0) is 4.74 Å². The normalized spacial score (nSPS) is 14.6. The summed E-state index contributed by atoms with van der Waals surface area (Å²) in [5.74, 6) is 2.01. The van der Waals surface area contributed by atoms with E-state index in [0.717, 1.165) is 24.1 Å². The second-order valence-electron chi connectivity index (χ2n) is 9.45. The Labute approximate surface area is 204 Å². The van der Waals surface area contributed by atoms with Crippen molar-refractivity contribution in [3.8, 4) is 22.8 Å². The van der Waals surface area contributed by atoms with Crippen molar-refractivity contribution in [2.24, 2.45) is 0 Å². The number of nitrogens with one attached hydrogen (secondary N) is 1. The molecule has 1 fully saturated rings. The number of carbonyl (C=O) groups is 1. The highest BCUT2D eigenvalue weighted by Gasteiger charge is 2.27. The van der Waals surface area contributed by atoms with Gasteiger partial charge in [0.1, 0.15) is 11.1 Å². The molecule has 186 valence electrons. The lowest BCUT2D eigenvalue weighted by atomic mass is 10.1. The molecule has 0 aliphatic carbocycles. The lowest BCUT2D eigenvalue weighted by Gasteiger charge is -2.34. The standard InChI is InChI=1S/C25H32N6O4/c1-25(2,3)35-24(32)31-12-10-16(11-13-31)27-22-21-18(29-23(26)30-22)8-7-17(28-21)15-6-9-19(33-4)20(14-15)34-5/h6-9,14,16H,10-13H2,1-5H3,(H3,26,27,29,30). The molecule has 0 radical (unpaired) electrons. The second-order valence-corrected chi connectivity index (χ2v) is 9.45. The highest BCUT2D eigenvalue weighted by molar-refractivity contribution is 5.88. The van der Waals surface area contributed by atoms with Gasteiger partial charge in [0.2, 0.25) is 5.95 Å². The van der Waals surface area contributed by atoms with E-state index in [-0.39, 0.29) is 18.1 Å². The van der Waals surface area contributed by atoms with Crippen LogP contribution in [0.4, 0.5) is 16.6 Å². The number of nitrogens with two attached hydrogens (primary N) is 1. The van der Waals surface area contributed by atoms with Gasteiger partial charge in [0.25, 0.3) is 0 Å². The number of anilines is 2. The molecule has 0 spiro atoms. The number of methoxy groups -OCH3 is 2. The molecule has 0 unspecified atom stereocenters. The molecule has 2 aromatic heterocycles. The van der Waals surface area contributed by atoms with Crippen molar-refractivity contribution in [3.05, 3.63) is 30.3 Å². The maximum Gasteiger partial charge on any atom is 0.410 e. The molecule has 0 saturated carbocycles. The van der Waals surface area contributed by atoms with Crippen LogP contribution >= 0.6 is 0 Å². The zero-order valence-corrected chi connectivity index (χ0v) is 20.8. The summed E-state index contributed by atoms with van der Waals surface area (Å²) in [5, 5.41) is 3.47. The smallest absolute Gasteiger partial charge is 0.410 e.